The van der Waals surface area contributed by atoms with Crippen LogP contribution in [0.3, 0.4) is 0 Å². The van der Waals surface area contributed by atoms with Crippen LogP contribution in [0.25, 0.3) is 0 Å². The van der Waals surface area contributed by atoms with Crippen LogP contribution in [-0.4, -0.2) is 19.0 Å². The Labute approximate surface area is 151 Å². The zero-order valence-electron chi connectivity index (χ0n) is 12.1. The first kappa shape index (κ1) is 18.4. The Morgan fingerprint density at radius 1 is 1.24 bits per heavy atom. The van der Waals surface area contributed by atoms with Crippen molar-refractivity contribution in [2.45, 2.75) is 19.8 Å². The number of nitrogens with one attached hydrogen (secondary N) is 1. The van der Waals surface area contributed by atoms with Crippen molar-refractivity contribution >= 4 is 52.6 Å². The van der Waals surface area contributed by atoms with Gasteiger partial charge < -0.3 is 11.1 Å². The maximum atomic E-state index is 5.88. The van der Waals surface area contributed by atoms with Gasteiger partial charge in [0.2, 0.25) is 0 Å². The number of aliphatic imine (C=N–C) groups is 1. The van der Waals surface area contributed by atoms with E-state index in [9.17, 15) is 0 Å². The number of nitrogens with zero attached hydrogens (tertiary/aromatic N) is 1. The Balaban J connectivity index is 0.00000220. The lowest BCUT2D eigenvalue weighted by Crippen LogP contribution is -2.33. The quantitative estimate of drug-likeness (QED) is 0.396. The van der Waals surface area contributed by atoms with E-state index in [1.807, 2.05) is 0 Å². The van der Waals surface area contributed by atoms with Crippen LogP contribution in [0.5, 0.6) is 0 Å². The van der Waals surface area contributed by atoms with Gasteiger partial charge in [0.15, 0.2) is 5.96 Å². The molecule has 0 amide bonds. The van der Waals surface area contributed by atoms with Crippen LogP contribution >= 0.6 is 46.7 Å². The van der Waals surface area contributed by atoms with Crippen molar-refractivity contribution in [2.24, 2.45) is 16.6 Å². The molecule has 1 unspecified atom stereocenters. The second-order valence-corrected chi connectivity index (χ2v) is 6.94. The highest BCUT2D eigenvalue weighted by atomic mass is 127. The third-order valence-corrected chi connectivity index (χ3v) is 4.80. The highest BCUT2D eigenvalue weighted by Crippen LogP contribution is 2.14. The summed E-state index contributed by atoms with van der Waals surface area (Å²) < 4.78 is 0. The SMILES string of the molecule is CC(CN=C(N)NCCc1cccs1)Cc1cccs1.I. The zero-order valence-corrected chi connectivity index (χ0v) is 16.1. The second kappa shape index (κ2) is 10.2. The molecule has 2 aromatic heterocycles. The van der Waals surface area contributed by atoms with Crippen LogP contribution < -0.4 is 11.1 Å². The summed E-state index contributed by atoms with van der Waals surface area (Å²) in [4.78, 5) is 7.20. The van der Waals surface area contributed by atoms with Crippen molar-refractivity contribution < 1.29 is 0 Å². The molecule has 2 rings (SSSR count). The molecule has 0 bridgehead atoms. The Morgan fingerprint density at radius 3 is 2.52 bits per heavy atom. The van der Waals surface area contributed by atoms with E-state index in [0.29, 0.717) is 11.9 Å². The second-order valence-electron chi connectivity index (χ2n) is 4.87. The van der Waals surface area contributed by atoms with Gasteiger partial charge in [-0.25, -0.2) is 0 Å². The lowest BCUT2D eigenvalue weighted by atomic mass is 10.1. The summed E-state index contributed by atoms with van der Waals surface area (Å²) in [7, 11) is 0. The molecule has 0 saturated heterocycles. The van der Waals surface area contributed by atoms with E-state index in [2.05, 4.69) is 52.3 Å². The van der Waals surface area contributed by atoms with Gasteiger partial charge >= 0.3 is 0 Å². The molecular formula is C15H22IN3S2. The largest absolute Gasteiger partial charge is 0.370 e. The summed E-state index contributed by atoms with van der Waals surface area (Å²) in [5.41, 5.74) is 5.88. The van der Waals surface area contributed by atoms with Gasteiger partial charge in [-0.1, -0.05) is 19.1 Å². The number of hydrogen-bond donors (Lipinski definition) is 2. The van der Waals surface area contributed by atoms with E-state index >= 15 is 0 Å². The molecule has 0 aliphatic heterocycles. The Morgan fingerprint density at radius 2 is 1.90 bits per heavy atom. The molecule has 1 atom stereocenters. The summed E-state index contributed by atoms with van der Waals surface area (Å²) in [5, 5.41) is 7.39. The molecule has 116 valence electrons. The number of hydrogen-bond acceptors (Lipinski definition) is 3. The lowest BCUT2D eigenvalue weighted by Gasteiger charge is -2.09. The van der Waals surface area contributed by atoms with E-state index in [1.54, 1.807) is 22.7 Å². The van der Waals surface area contributed by atoms with Crippen molar-refractivity contribution in [1.82, 2.24) is 5.32 Å². The molecule has 0 radical (unpaired) electrons. The summed E-state index contributed by atoms with van der Waals surface area (Å²) in [6.07, 6.45) is 2.07. The summed E-state index contributed by atoms with van der Waals surface area (Å²) in [6, 6.07) is 8.48. The smallest absolute Gasteiger partial charge is 0.188 e. The van der Waals surface area contributed by atoms with Crippen LogP contribution in [0.4, 0.5) is 0 Å². The Bertz CT molecular complexity index is 509. The fourth-order valence-corrected chi connectivity index (χ4v) is 3.49. The minimum Gasteiger partial charge on any atom is -0.370 e. The molecule has 2 aromatic rings. The molecule has 2 heterocycles. The molecule has 21 heavy (non-hydrogen) atoms. The van der Waals surface area contributed by atoms with Crippen LogP contribution in [0.1, 0.15) is 16.7 Å². The minimum absolute atomic E-state index is 0. The van der Waals surface area contributed by atoms with Crippen molar-refractivity contribution in [3.63, 3.8) is 0 Å². The number of halogens is 1. The van der Waals surface area contributed by atoms with Gasteiger partial charge in [0.1, 0.15) is 0 Å². The maximum absolute atomic E-state index is 5.88. The average molecular weight is 435 g/mol. The molecule has 6 heteroatoms. The zero-order chi connectivity index (χ0) is 14.2. The van der Waals surface area contributed by atoms with Crippen molar-refractivity contribution in [3.8, 4) is 0 Å². The predicted octanol–water partition coefficient (Wildman–Crippen LogP) is 3.75. The number of nitrogens with two attached hydrogens (primary N) is 1. The molecule has 3 nitrogen and oxygen atoms in total. The average Bonchev–Trinajstić information content (AvgIpc) is 3.09. The minimum atomic E-state index is 0. The number of thiophene rings is 2. The van der Waals surface area contributed by atoms with E-state index in [4.69, 9.17) is 5.73 Å². The molecule has 0 spiro atoms. The van der Waals surface area contributed by atoms with Gasteiger partial charge in [-0.2, -0.15) is 0 Å². The third kappa shape index (κ3) is 7.28. The topological polar surface area (TPSA) is 50.4 Å². The van der Waals surface area contributed by atoms with Gasteiger partial charge in [0.05, 0.1) is 0 Å². The Hall–Kier alpha value is -0.600. The van der Waals surface area contributed by atoms with Crippen LogP contribution in [0, 0.1) is 5.92 Å². The molecule has 0 fully saturated rings. The monoisotopic (exact) mass is 435 g/mol. The molecule has 0 saturated carbocycles. The standard InChI is InChI=1S/C15H21N3S2.HI/c1-12(10-14-5-3-9-20-14)11-18-15(16)17-7-6-13-4-2-8-19-13;/h2-5,8-9,12H,6-7,10-11H2,1H3,(H3,16,17,18);1H. The molecule has 3 N–H and O–H groups in total. The van der Waals surface area contributed by atoms with E-state index in [-0.39, 0.29) is 24.0 Å². The highest BCUT2D eigenvalue weighted by Gasteiger charge is 2.04. The van der Waals surface area contributed by atoms with E-state index < -0.39 is 0 Å². The van der Waals surface area contributed by atoms with E-state index in [0.717, 1.165) is 25.9 Å². The van der Waals surface area contributed by atoms with Gasteiger partial charge in [0.25, 0.3) is 0 Å². The van der Waals surface area contributed by atoms with Crippen molar-refractivity contribution in [2.75, 3.05) is 13.1 Å². The number of rotatable bonds is 7. The van der Waals surface area contributed by atoms with Crippen molar-refractivity contribution in [3.05, 3.63) is 44.8 Å². The third-order valence-electron chi connectivity index (χ3n) is 2.96. The summed E-state index contributed by atoms with van der Waals surface area (Å²) >= 11 is 3.58. The normalized spacial score (nSPS) is 12.7. The summed E-state index contributed by atoms with van der Waals surface area (Å²) in [6.45, 7) is 3.83. The first-order chi connectivity index (χ1) is 9.74. The van der Waals surface area contributed by atoms with Crippen LogP contribution in [-0.2, 0) is 12.8 Å². The van der Waals surface area contributed by atoms with Crippen molar-refractivity contribution in [1.29, 1.82) is 0 Å². The maximum Gasteiger partial charge on any atom is 0.188 e. The van der Waals surface area contributed by atoms with Gasteiger partial charge in [-0.3, -0.25) is 4.99 Å². The van der Waals surface area contributed by atoms with Crippen LogP contribution in [0.2, 0.25) is 0 Å². The summed E-state index contributed by atoms with van der Waals surface area (Å²) in [5.74, 6) is 1.07. The number of guanidine groups is 1. The van der Waals surface area contributed by atoms with Gasteiger partial charge in [-0.15, -0.1) is 46.7 Å². The fourth-order valence-electron chi connectivity index (χ4n) is 1.92. The van der Waals surface area contributed by atoms with Crippen LogP contribution in [0.15, 0.2) is 40.0 Å². The first-order valence-electron chi connectivity index (χ1n) is 6.82. The molecular weight excluding hydrogens is 413 g/mol. The fraction of sp³-hybridized carbons (Fsp3) is 0.400. The van der Waals surface area contributed by atoms with E-state index in [1.165, 1.54) is 9.75 Å². The Kier molecular flexibility index (Phi) is 8.94. The highest BCUT2D eigenvalue weighted by molar-refractivity contribution is 14.0. The first-order valence-corrected chi connectivity index (χ1v) is 8.58. The van der Waals surface area contributed by atoms with Gasteiger partial charge in [-0.05, 0) is 41.7 Å². The van der Waals surface area contributed by atoms with Gasteiger partial charge in [0, 0.05) is 22.8 Å². The molecule has 0 aromatic carbocycles. The predicted molar refractivity (Wildman–Crippen MR) is 105 cm³/mol. The molecule has 0 aliphatic rings. The molecule has 0 aliphatic carbocycles. The lowest BCUT2D eigenvalue weighted by molar-refractivity contribution is 0.597.